The fraction of sp³-hybridized carbons (Fsp3) is 0.190. The molecule has 0 unspecified atom stereocenters. The smallest absolute Gasteiger partial charge is 0.259 e. The molecule has 0 atom stereocenters. The number of fused-ring (bicyclic) bond motifs is 1. The summed E-state index contributed by atoms with van der Waals surface area (Å²) in [6.07, 6.45) is 1.51. The number of halogens is 1. The Morgan fingerprint density at radius 2 is 1.97 bits per heavy atom. The standard InChI is InChI=1S/C21H19ClN4O3/c1-12-3-5-15(8-17(12)22)26-20(27)16-10-24-21(25-13(16)2)23-9-14-4-6-18-19(7-14)29-11-28-18/h3-8,10H,9,11H2,1-2H3,(H,26,27)(H,23,24,25). The van der Waals surface area contributed by atoms with E-state index in [-0.39, 0.29) is 12.7 Å². The zero-order valence-corrected chi connectivity index (χ0v) is 16.7. The maximum absolute atomic E-state index is 12.5. The van der Waals surface area contributed by atoms with Crippen LogP contribution in [0.3, 0.4) is 0 Å². The van der Waals surface area contributed by atoms with Crippen molar-refractivity contribution in [1.82, 2.24) is 9.97 Å². The second kappa shape index (κ2) is 7.97. The minimum atomic E-state index is -0.287. The first-order valence-corrected chi connectivity index (χ1v) is 9.41. The molecular weight excluding hydrogens is 392 g/mol. The summed E-state index contributed by atoms with van der Waals surface area (Å²) in [7, 11) is 0. The molecule has 4 rings (SSSR count). The molecule has 2 heterocycles. The van der Waals surface area contributed by atoms with Crippen LogP contribution in [0.2, 0.25) is 5.02 Å². The van der Waals surface area contributed by atoms with Gasteiger partial charge in [0.05, 0.1) is 11.3 Å². The molecule has 1 aliphatic rings. The first-order chi connectivity index (χ1) is 14.0. The predicted molar refractivity (Wildman–Crippen MR) is 111 cm³/mol. The van der Waals surface area contributed by atoms with Gasteiger partial charge in [-0.15, -0.1) is 0 Å². The number of carbonyl (C=O) groups excluding carboxylic acids is 1. The number of aryl methyl sites for hydroxylation is 2. The predicted octanol–water partition coefficient (Wildman–Crippen LogP) is 4.34. The van der Waals surface area contributed by atoms with E-state index < -0.39 is 0 Å². The topological polar surface area (TPSA) is 85.4 Å². The number of ether oxygens (including phenoxy) is 2. The molecule has 29 heavy (non-hydrogen) atoms. The molecule has 1 amide bonds. The molecular formula is C21H19ClN4O3. The minimum absolute atomic E-state index is 0.243. The number of aromatic nitrogens is 2. The summed E-state index contributed by atoms with van der Waals surface area (Å²) in [4.78, 5) is 21.2. The van der Waals surface area contributed by atoms with E-state index in [1.165, 1.54) is 6.20 Å². The van der Waals surface area contributed by atoms with Gasteiger partial charge in [0.2, 0.25) is 12.7 Å². The summed E-state index contributed by atoms with van der Waals surface area (Å²) in [5, 5.41) is 6.57. The first-order valence-electron chi connectivity index (χ1n) is 9.03. The van der Waals surface area contributed by atoms with Crippen molar-refractivity contribution in [2.24, 2.45) is 0 Å². The van der Waals surface area contributed by atoms with Crippen LogP contribution in [0.4, 0.5) is 11.6 Å². The lowest BCUT2D eigenvalue weighted by Gasteiger charge is -2.10. The van der Waals surface area contributed by atoms with Gasteiger partial charge < -0.3 is 20.1 Å². The number of anilines is 2. The first kappa shape index (κ1) is 19.0. The van der Waals surface area contributed by atoms with Gasteiger partial charge >= 0.3 is 0 Å². The van der Waals surface area contributed by atoms with Gasteiger partial charge in [-0.3, -0.25) is 4.79 Å². The summed E-state index contributed by atoms with van der Waals surface area (Å²) in [5.74, 6) is 1.62. The van der Waals surface area contributed by atoms with Crippen LogP contribution in [-0.4, -0.2) is 22.7 Å². The number of nitrogens with zero attached hydrogens (tertiary/aromatic N) is 2. The number of amides is 1. The van der Waals surface area contributed by atoms with E-state index in [1.807, 2.05) is 31.2 Å². The molecule has 2 N–H and O–H groups in total. The van der Waals surface area contributed by atoms with Crippen LogP contribution in [0.1, 0.15) is 27.2 Å². The van der Waals surface area contributed by atoms with Gasteiger partial charge in [0, 0.05) is 23.5 Å². The third-order valence-corrected chi connectivity index (χ3v) is 4.95. The minimum Gasteiger partial charge on any atom is -0.454 e. The molecule has 0 bridgehead atoms. The highest BCUT2D eigenvalue weighted by Gasteiger charge is 2.15. The van der Waals surface area contributed by atoms with Gasteiger partial charge in [0.25, 0.3) is 5.91 Å². The van der Waals surface area contributed by atoms with Crippen LogP contribution < -0.4 is 20.1 Å². The van der Waals surface area contributed by atoms with Crippen LogP contribution in [0, 0.1) is 13.8 Å². The Morgan fingerprint density at radius 1 is 1.14 bits per heavy atom. The summed E-state index contributed by atoms with van der Waals surface area (Å²) < 4.78 is 10.7. The highest BCUT2D eigenvalue weighted by molar-refractivity contribution is 6.31. The zero-order chi connectivity index (χ0) is 20.4. The Hall–Kier alpha value is -3.32. The molecule has 8 heteroatoms. The van der Waals surface area contributed by atoms with E-state index in [9.17, 15) is 4.79 Å². The number of carbonyl (C=O) groups is 1. The Morgan fingerprint density at radius 3 is 2.76 bits per heavy atom. The average molecular weight is 411 g/mol. The van der Waals surface area contributed by atoms with E-state index in [4.69, 9.17) is 21.1 Å². The van der Waals surface area contributed by atoms with Crippen molar-refractivity contribution in [1.29, 1.82) is 0 Å². The van der Waals surface area contributed by atoms with Gasteiger partial charge in [-0.05, 0) is 49.2 Å². The molecule has 0 spiro atoms. The SMILES string of the molecule is Cc1ccc(NC(=O)c2cnc(NCc3ccc4c(c3)OCO4)nc2C)cc1Cl. The van der Waals surface area contributed by atoms with Crippen LogP contribution in [0.25, 0.3) is 0 Å². The van der Waals surface area contributed by atoms with Crippen molar-refractivity contribution in [2.45, 2.75) is 20.4 Å². The van der Waals surface area contributed by atoms with Crippen molar-refractivity contribution >= 4 is 29.1 Å². The Kier molecular flexibility index (Phi) is 5.22. The maximum atomic E-state index is 12.5. The normalized spacial score (nSPS) is 12.0. The van der Waals surface area contributed by atoms with Crippen molar-refractivity contribution in [2.75, 3.05) is 17.4 Å². The van der Waals surface area contributed by atoms with Gasteiger partial charge in [0.1, 0.15) is 0 Å². The van der Waals surface area contributed by atoms with E-state index in [0.29, 0.717) is 34.5 Å². The molecule has 0 saturated heterocycles. The largest absolute Gasteiger partial charge is 0.454 e. The van der Waals surface area contributed by atoms with Crippen LogP contribution in [0.5, 0.6) is 11.5 Å². The fourth-order valence-electron chi connectivity index (χ4n) is 2.88. The number of rotatable bonds is 5. The molecule has 0 aliphatic carbocycles. The molecule has 3 aromatic rings. The molecule has 0 fully saturated rings. The second-order valence-corrected chi connectivity index (χ2v) is 7.06. The lowest BCUT2D eigenvalue weighted by molar-refractivity contribution is 0.102. The number of hydrogen-bond donors (Lipinski definition) is 2. The fourth-order valence-corrected chi connectivity index (χ4v) is 3.06. The molecule has 1 aliphatic heterocycles. The second-order valence-electron chi connectivity index (χ2n) is 6.65. The van der Waals surface area contributed by atoms with E-state index >= 15 is 0 Å². The third kappa shape index (κ3) is 4.25. The van der Waals surface area contributed by atoms with Crippen LogP contribution in [-0.2, 0) is 6.54 Å². The third-order valence-electron chi connectivity index (χ3n) is 4.54. The Bertz CT molecular complexity index is 1090. The molecule has 148 valence electrons. The van der Waals surface area contributed by atoms with Crippen molar-refractivity contribution in [3.05, 3.63) is 70.0 Å². The monoisotopic (exact) mass is 410 g/mol. The van der Waals surface area contributed by atoms with E-state index in [2.05, 4.69) is 20.6 Å². The van der Waals surface area contributed by atoms with Gasteiger partial charge in [-0.1, -0.05) is 23.7 Å². The van der Waals surface area contributed by atoms with Gasteiger partial charge in [-0.25, -0.2) is 9.97 Å². The molecule has 0 saturated carbocycles. The number of nitrogens with one attached hydrogen (secondary N) is 2. The summed E-state index contributed by atoms with van der Waals surface area (Å²) in [6.45, 7) is 4.43. The molecule has 2 aromatic carbocycles. The number of benzene rings is 2. The highest BCUT2D eigenvalue weighted by Crippen LogP contribution is 2.32. The van der Waals surface area contributed by atoms with E-state index in [0.717, 1.165) is 22.6 Å². The quantitative estimate of drug-likeness (QED) is 0.650. The highest BCUT2D eigenvalue weighted by atomic mass is 35.5. The van der Waals surface area contributed by atoms with Crippen LogP contribution >= 0.6 is 11.6 Å². The van der Waals surface area contributed by atoms with Crippen molar-refractivity contribution in [3.63, 3.8) is 0 Å². The molecule has 0 radical (unpaired) electrons. The lowest BCUT2D eigenvalue weighted by atomic mass is 10.2. The van der Waals surface area contributed by atoms with E-state index in [1.54, 1.807) is 19.1 Å². The lowest BCUT2D eigenvalue weighted by Crippen LogP contribution is -2.15. The average Bonchev–Trinajstić information content (AvgIpc) is 3.17. The number of hydrogen-bond acceptors (Lipinski definition) is 6. The zero-order valence-electron chi connectivity index (χ0n) is 16.0. The Balaban J connectivity index is 1.41. The van der Waals surface area contributed by atoms with Crippen LogP contribution in [0.15, 0.2) is 42.6 Å². The maximum Gasteiger partial charge on any atom is 0.259 e. The summed E-state index contributed by atoms with van der Waals surface area (Å²) in [5.41, 5.74) is 3.55. The van der Waals surface area contributed by atoms with Gasteiger partial charge in [-0.2, -0.15) is 0 Å². The summed E-state index contributed by atoms with van der Waals surface area (Å²) >= 11 is 6.11. The van der Waals surface area contributed by atoms with Gasteiger partial charge in [0.15, 0.2) is 11.5 Å². The van der Waals surface area contributed by atoms with Crippen molar-refractivity contribution in [3.8, 4) is 11.5 Å². The summed E-state index contributed by atoms with van der Waals surface area (Å²) in [6, 6.07) is 11.1. The van der Waals surface area contributed by atoms with Crippen molar-refractivity contribution < 1.29 is 14.3 Å². The Labute approximate surface area is 173 Å². The molecule has 7 nitrogen and oxygen atoms in total. The molecule has 1 aromatic heterocycles.